The van der Waals surface area contributed by atoms with Crippen molar-refractivity contribution in [1.29, 1.82) is 0 Å². The first-order chi connectivity index (χ1) is 13.3. The van der Waals surface area contributed by atoms with Gasteiger partial charge < -0.3 is 24.1 Å². The summed E-state index contributed by atoms with van der Waals surface area (Å²) < 4.78 is 12.9. The smallest absolute Gasteiger partial charge is 0.326 e. The monoisotopic (exact) mass is 757 g/mol. The van der Waals surface area contributed by atoms with Crippen molar-refractivity contribution in [2.45, 2.75) is 51.8 Å². The fourth-order valence-electron chi connectivity index (χ4n) is 1.66. The molecule has 30 heavy (non-hydrogen) atoms. The standard InChI is InChI=1S/C19H21I3O8/c1-17(2,20)14(25)28-9-7-10(29-15(26)18(3,4)21)12(13(23)24)11(8-9)30-16(27)19(5,6)22/h7-8H,1-6H3,(H,23,24)/p-1. The number of carbonyl (C=O) groups excluding carboxylic acids is 4. The van der Waals surface area contributed by atoms with Gasteiger partial charge in [0.25, 0.3) is 0 Å². The van der Waals surface area contributed by atoms with Crippen LogP contribution in [0, 0.1) is 0 Å². The molecule has 0 heterocycles. The van der Waals surface area contributed by atoms with E-state index in [1.54, 1.807) is 41.5 Å². The highest BCUT2D eigenvalue weighted by Gasteiger charge is 2.32. The van der Waals surface area contributed by atoms with Crippen LogP contribution in [-0.2, 0) is 14.4 Å². The van der Waals surface area contributed by atoms with E-state index in [1.165, 1.54) is 0 Å². The molecule has 8 nitrogen and oxygen atoms in total. The van der Waals surface area contributed by atoms with Crippen molar-refractivity contribution in [3.63, 3.8) is 0 Å². The number of ether oxygens (including phenoxy) is 3. The Morgan fingerprint density at radius 2 is 1.00 bits per heavy atom. The average Bonchev–Trinajstić information content (AvgIpc) is 2.51. The van der Waals surface area contributed by atoms with Crippen molar-refractivity contribution in [1.82, 2.24) is 0 Å². The second kappa shape index (κ2) is 9.83. The van der Waals surface area contributed by atoms with Gasteiger partial charge in [0.1, 0.15) is 27.5 Å². The molecule has 0 aromatic heterocycles. The molecular formula is C19H20I3O8-. The molecule has 0 N–H and O–H groups in total. The molecule has 0 saturated heterocycles. The molecule has 0 spiro atoms. The number of esters is 3. The first-order valence-corrected chi connectivity index (χ1v) is 11.7. The SMILES string of the molecule is CC(C)(I)C(=O)Oc1cc(OC(=O)C(C)(C)I)c(C(=O)[O-])c(OC(=O)C(C)(C)I)c1. The molecule has 0 bridgehead atoms. The van der Waals surface area contributed by atoms with Gasteiger partial charge in [0.05, 0.1) is 11.5 Å². The van der Waals surface area contributed by atoms with E-state index in [0.29, 0.717) is 0 Å². The molecule has 166 valence electrons. The van der Waals surface area contributed by atoms with E-state index in [4.69, 9.17) is 14.2 Å². The predicted octanol–water partition coefficient (Wildman–Crippen LogP) is 3.41. The van der Waals surface area contributed by atoms with Crippen LogP contribution in [-0.4, -0.2) is 34.1 Å². The van der Waals surface area contributed by atoms with E-state index in [9.17, 15) is 24.3 Å². The van der Waals surface area contributed by atoms with Crippen molar-refractivity contribution in [2.24, 2.45) is 0 Å². The van der Waals surface area contributed by atoms with E-state index in [1.807, 2.05) is 67.8 Å². The second-order valence-corrected chi connectivity index (χ2v) is 15.8. The number of hydrogen-bond acceptors (Lipinski definition) is 8. The molecule has 0 saturated carbocycles. The van der Waals surface area contributed by atoms with Crippen molar-refractivity contribution in [2.75, 3.05) is 0 Å². The molecule has 0 aliphatic rings. The molecule has 0 radical (unpaired) electrons. The quantitative estimate of drug-likeness (QED) is 0.180. The Hall–Kier alpha value is -0.710. The third-order valence-electron chi connectivity index (χ3n) is 3.32. The zero-order chi connectivity index (χ0) is 23.7. The Morgan fingerprint density at radius 3 is 1.27 bits per heavy atom. The minimum Gasteiger partial charge on any atom is -0.545 e. The fraction of sp³-hybridized carbons (Fsp3) is 0.474. The van der Waals surface area contributed by atoms with E-state index in [2.05, 4.69) is 0 Å². The van der Waals surface area contributed by atoms with Crippen LogP contribution in [0.25, 0.3) is 0 Å². The van der Waals surface area contributed by atoms with Gasteiger partial charge in [-0.1, -0.05) is 67.8 Å². The molecule has 0 aliphatic carbocycles. The lowest BCUT2D eigenvalue weighted by Crippen LogP contribution is -2.33. The van der Waals surface area contributed by atoms with Crippen molar-refractivity contribution < 1.29 is 38.5 Å². The first-order valence-electron chi connectivity index (χ1n) is 8.47. The topological polar surface area (TPSA) is 119 Å². The molecule has 0 fully saturated rings. The zero-order valence-electron chi connectivity index (χ0n) is 17.1. The van der Waals surface area contributed by atoms with Crippen molar-refractivity contribution in [3.05, 3.63) is 17.7 Å². The molecule has 11 heteroatoms. The third kappa shape index (κ3) is 7.76. The second-order valence-electron chi connectivity index (χ2n) is 7.67. The summed E-state index contributed by atoms with van der Waals surface area (Å²) in [6.45, 7) is 9.50. The number of carboxylic acid groups (broad SMARTS) is 1. The fourth-order valence-corrected chi connectivity index (χ4v) is 1.99. The number of rotatable bonds is 7. The molecule has 0 unspecified atom stereocenters. The Labute approximate surface area is 215 Å². The number of aromatic carboxylic acids is 1. The van der Waals surface area contributed by atoms with Crippen LogP contribution in [0.1, 0.15) is 51.9 Å². The van der Waals surface area contributed by atoms with E-state index < -0.39 is 51.2 Å². The molecule has 1 aromatic carbocycles. The summed E-state index contributed by atoms with van der Waals surface area (Å²) in [5.41, 5.74) is -0.647. The van der Waals surface area contributed by atoms with Gasteiger partial charge in [-0.2, -0.15) is 0 Å². The van der Waals surface area contributed by atoms with Gasteiger partial charge in [-0.3, -0.25) is 14.4 Å². The third-order valence-corrected chi connectivity index (χ3v) is 4.64. The highest BCUT2D eigenvalue weighted by molar-refractivity contribution is 14.1. The van der Waals surface area contributed by atoms with Crippen LogP contribution in [0.15, 0.2) is 12.1 Å². The van der Waals surface area contributed by atoms with E-state index in [0.717, 1.165) is 12.1 Å². The normalized spacial score (nSPS) is 12.2. The van der Waals surface area contributed by atoms with Crippen LogP contribution in [0.3, 0.4) is 0 Å². The van der Waals surface area contributed by atoms with E-state index >= 15 is 0 Å². The number of hydrogen-bond donors (Lipinski definition) is 0. The minimum atomic E-state index is -1.73. The highest BCUT2D eigenvalue weighted by atomic mass is 127. The lowest BCUT2D eigenvalue weighted by molar-refractivity contribution is -0.255. The largest absolute Gasteiger partial charge is 0.545 e. The summed E-state index contributed by atoms with van der Waals surface area (Å²) >= 11 is 5.53. The zero-order valence-corrected chi connectivity index (χ0v) is 23.5. The number of halogens is 3. The van der Waals surface area contributed by atoms with Crippen LogP contribution in [0.4, 0.5) is 0 Å². The molecule has 1 aromatic rings. The Balaban J connectivity index is 3.62. The minimum absolute atomic E-state index is 0.155. The van der Waals surface area contributed by atoms with Gasteiger partial charge in [-0.15, -0.1) is 0 Å². The van der Waals surface area contributed by atoms with Crippen LogP contribution >= 0.6 is 67.8 Å². The maximum absolute atomic E-state index is 12.3. The lowest BCUT2D eigenvalue weighted by atomic mass is 10.1. The molecular weight excluding hydrogens is 737 g/mol. The van der Waals surface area contributed by atoms with Crippen molar-refractivity contribution >= 4 is 91.6 Å². The molecule has 0 atom stereocenters. The van der Waals surface area contributed by atoms with E-state index in [-0.39, 0.29) is 5.75 Å². The number of carbonyl (C=O) groups is 4. The Morgan fingerprint density at radius 1 is 0.700 bits per heavy atom. The van der Waals surface area contributed by atoms with Gasteiger partial charge >= 0.3 is 17.9 Å². The van der Waals surface area contributed by atoms with Gasteiger partial charge in [0.2, 0.25) is 0 Å². The predicted molar refractivity (Wildman–Crippen MR) is 132 cm³/mol. The maximum atomic E-state index is 12.3. The number of benzene rings is 1. The summed E-state index contributed by atoms with van der Waals surface area (Å²) in [4.78, 5) is 48.7. The number of alkyl halides is 3. The van der Waals surface area contributed by atoms with Gasteiger partial charge in [0, 0.05) is 12.1 Å². The van der Waals surface area contributed by atoms with Gasteiger partial charge in [-0.25, -0.2) is 0 Å². The number of carboxylic acids is 1. The summed E-state index contributed by atoms with van der Waals surface area (Å²) in [7, 11) is 0. The van der Waals surface area contributed by atoms with Crippen LogP contribution in [0.2, 0.25) is 0 Å². The summed E-state index contributed by atoms with van der Waals surface area (Å²) in [6, 6.07) is 2.14. The summed E-state index contributed by atoms with van der Waals surface area (Å²) in [5, 5.41) is 11.8. The summed E-state index contributed by atoms with van der Waals surface area (Å²) in [6.07, 6.45) is 0. The van der Waals surface area contributed by atoms with Crippen LogP contribution < -0.4 is 19.3 Å². The molecule has 1 rings (SSSR count). The van der Waals surface area contributed by atoms with Crippen molar-refractivity contribution in [3.8, 4) is 17.2 Å². The first kappa shape index (κ1) is 27.3. The Kier molecular flexibility index (Phi) is 8.96. The lowest BCUT2D eigenvalue weighted by Gasteiger charge is -2.22. The highest BCUT2D eigenvalue weighted by Crippen LogP contribution is 2.37. The summed E-state index contributed by atoms with van der Waals surface area (Å²) in [5.74, 6) is -4.96. The van der Waals surface area contributed by atoms with Gasteiger partial charge in [-0.05, 0) is 41.5 Å². The maximum Gasteiger partial charge on any atom is 0.326 e. The molecule has 0 aliphatic heterocycles. The Bertz CT molecular complexity index is 824. The molecule has 0 amide bonds. The van der Waals surface area contributed by atoms with Gasteiger partial charge in [0.15, 0.2) is 0 Å². The van der Waals surface area contributed by atoms with Crippen LogP contribution in [0.5, 0.6) is 17.2 Å². The average molecular weight is 757 g/mol.